The molecule has 0 bridgehead atoms. The van der Waals surface area contributed by atoms with Gasteiger partial charge in [0.25, 0.3) is 0 Å². The quantitative estimate of drug-likeness (QED) is 0.318. The van der Waals surface area contributed by atoms with Gasteiger partial charge in [-0.05, 0) is 0 Å². The van der Waals surface area contributed by atoms with E-state index in [0.29, 0.717) is 0 Å². The van der Waals surface area contributed by atoms with E-state index in [2.05, 4.69) is 0 Å². The standard InChI is InChI=1S/BrH.K.Mg.H2O.2H/h1H;;;1H2;;/q;+1;+2;;2*-1/p-1. The Kier molecular flexibility index (Phi) is 123. The predicted molar refractivity (Wildman–Crippen MR) is 11.6 cm³/mol. The van der Waals surface area contributed by atoms with Gasteiger partial charge in [-0.25, -0.2) is 0 Å². The second-order valence-electron chi connectivity index (χ2n) is 0. The Morgan fingerprint density at radius 2 is 1.25 bits per heavy atom. The van der Waals surface area contributed by atoms with E-state index in [9.17, 15) is 0 Å². The zero-order chi connectivity index (χ0) is 0. The van der Waals surface area contributed by atoms with Gasteiger partial charge in [0.05, 0.1) is 0 Å². The number of hydrogen-bond donors (Lipinski definition) is 0. The minimum absolute atomic E-state index is 0. The normalized spacial score (nSPS) is 0. The van der Waals surface area contributed by atoms with Crippen molar-refractivity contribution >= 4 is 23.1 Å². The summed E-state index contributed by atoms with van der Waals surface area (Å²) in [6, 6.07) is 0. The van der Waals surface area contributed by atoms with Crippen molar-refractivity contribution < 1.29 is 76.7 Å². The Hall–Kier alpha value is 2.84. The van der Waals surface area contributed by atoms with Crippen molar-refractivity contribution in [3.8, 4) is 0 Å². The Labute approximate surface area is 97.5 Å². The summed E-state index contributed by atoms with van der Waals surface area (Å²) in [5, 5.41) is 0. The van der Waals surface area contributed by atoms with E-state index >= 15 is 0 Å². The molecule has 20 valence electrons. The van der Waals surface area contributed by atoms with Gasteiger partial charge in [0, 0.05) is 0 Å². The van der Waals surface area contributed by atoms with Crippen molar-refractivity contribution in [2.45, 2.75) is 0 Å². The van der Waals surface area contributed by atoms with E-state index < -0.39 is 0 Å². The minimum Gasteiger partial charge on any atom is -1.00 e. The topological polar surface area (TPSA) is 31.5 Å². The second kappa shape index (κ2) is 17.0. The summed E-state index contributed by atoms with van der Waals surface area (Å²) in [4.78, 5) is 0. The molecule has 0 aliphatic carbocycles. The van der Waals surface area contributed by atoms with E-state index in [4.69, 9.17) is 0 Å². The summed E-state index contributed by atoms with van der Waals surface area (Å²) in [6.07, 6.45) is 0. The maximum atomic E-state index is 0. The molecule has 0 aliphatic rings. The van der Waals surface area contributed by atoms with Gasteiger partial charge in [-0.3, -0.25) is 0 Å². The Morgan fingerprint density at radius 3 is 1.25 bits per heavy atom. The van der Waals surface area contributed by atoms with Crippen LogP contribution < -0.4 is 68.4 Å². The molecule has 0 spiro atoms. The molecule has 0 aromatic heterocycles. The van der Waals surface area contributed by atoms with Gasteiger partial charge < -0.3 is 25.3 Å². The van der Waals surface area contributed by atoms with Crippen LogP contribution in [0.1, 0.15) is 2.85 Å². The third kappa shape index (κ3) is 8.85. The van der Waals surface area contributed by atoms with Crippen LogP contribution in [-0.2, 0) is 0 Å². The fraction of sp³-hybridized carbons (Fsp3) is 0. The molecule has 0 rings (SSSR count). The first kappa shape index (κ1) is 28.9. The summed E-state index contributed by atoms with van der Waals surface area (Å²) in [6.45, 7) is 0. The van der Waals surface area contributed by atoms with Crippen LogP contribution in [0.5, 0.6) is 0 Å². The summed E-state index contributed by atoms with van der Waals surface area (Å²) in [7, 11) is 0. The Bertz CT molecular complexity index is 13.5. The van der Waals surface area contributed by atoms with Crippen LogP contribution in [0.15, 0.2) is 0 Å². The minimum atomic E-state index is 0. The number of rotatable bonds is 0. The van der Waals surface area contributed by atoms with Gasteiger partial charge in [-0.15, -0.1) is 0 Å². The van der Waals surface area contributed by atoms with Crippen LogP contribution in [0, 0.1) is 0 Å². The largest absolute Gasteiger partial charge is 2.00 e. The van der Waals surface area contributed by atoms with E-state index in [-0.39, 0.29) is 99.7 Å². The smallest absolute Gasteiger partial charge is 1.00 e. The first-order valence-electron chi connectivity index (χ1n) is 0. The van der Waals surface area contributed by atoms with Crippen molar-refractivity contribution in [3.63, 3.8) is 0 Å². The molecule has 0 saturated heterocycles. The SMILES string of the molecule is O.[Br-].[H-].[H-].[K+].[Mg+2]. The third-order valence-corrected chi connectivity index (χ3v) is 0. The first-order valence-corrected chi connectivity index (χ1v) is 0. The fourth-order valence-electron chi connectivity index (χ4n) is 0. The molecule has 0 radical (unpaired) electrons. The zero-order valence-corrected chi connectivity index (χ0v) is 8.71. The van der Waals surface area contributed by atoms with Gasteiger partial charge in [0.1, 0.15) is 0 Å². The molecular formula is H4BrKMgO. The molecule has 1 nitrogen and oxygen atoms in total. The zero-order valence-electron chi connectivity index (χ0n) is 4.59. The van der Waals surface area contributed by atoms with Crippen molar-refractivity contribution in [1.29, 1.82) is 0 Å². The summed E-state index contributed by atoms with van der Waals surface area (Å²) < 4.78 is 0. The van der Waals surface area contributed by atoms with Crippen LogP contribution >= 0.6 is 0 Å². The van der Waals surface area contributed by atoms with Gasteiger partial charge in [0.2, 0.25) is 0 Å². The summed E-state index contributed by atoms with van der Waals surface area (Å²) in [5.74, 6) is 0. The van der Waals surface area contributed by atoms with E-state index in [0.717, 1.165) is 0 Å². The molecule has 2 N–H and O–H groups in total. The molecule has 4 heavy (non-hydrogen) atoms. The summed E-state index contributed by atoms with van der Waals surface area (Å²) >= 11 is 0. The van der Waals surface area contributed by atoms with Crippen LogP contribution in [-0.4, -0.2) is 28.5 Å². The molecule has 0 fully saturated rings. The molecule has 0 unspecified atom stereocenters. The molecule has 0 aromatic rings. The predicted octanol–water partition coefficient (Wildman–Crippen LogP) is -6.97. The third-order valence-electron chi connectivity index (χ3n) is 0. The fourth-order valence-corrected chi connectivity index (χ4v) is 0. The van der Waals surface area contributed by atoms with E-state index in [1.165, 1.54) is 0 Å². The van der Waals surface area contributed by atoms with Crippen molar-refractivity contribution in [2.75, 3.05) is 0 Å². The van der Waals surface area contributed by atoms with Crippen LogP contribution in [0.3, 0.4) is 0 Å². The average Bonchev–Trinajstić information content (AvgIpc) is 0. The van der Waals surface area contributed by atoms with Gasteiger partial charge >= 0.3 is 74.4 Å². The number of hydrogen-bond acceptors (Lipinski definition) is 0. The molecule has 0 amide bonds. The molecule has 0 atom stereocenters. The van der Waals surface area contributed by atoms with E-state index in [1.807, 2.05) is 0 Å². The van der Waals surface area contributed by atoms with E-state index in [1.54, 1.807) is 0 Å². The molecule has 4 heteroatoms. The van der Waals surface area contributed by atoms with Crippen LogP contribution in [0.4, 0.5) is 0 Å². The number of halogens is 1. The average molecular weight is 163 g/mol. The molecule has 0 aliphatic heterocycles. The molecule has 0 saturated carbocycles. The van der Waals surface area contributed by atoms with Crippen molar-refractivity contribution in [2.24, 2.45) is 0 Å². The monoisotopic (exact) mass is 162 g/mol. The van der Waals surface area contributed by atoms with Gasteiger partial charge in [-0.2, -0.15) is 0 Å². The maximum absolute atomic E-state index is 0. The molecular weight excluding hydrogens is 159 g/mol. The molecule has 0 aromatic carbocycles. The molecule has 0 heterocycles. The van der Waals surface area contributed by atoms with Crippen LogP contribution in [0.25, 0.3) is 0 Å². The summed E-state index contributed by atoms with van der Waals surface area (Å²) in [5.41, 5.74) is 0. The first-order chi connectivity index (χ1) is 0. The van der Waals surface area contributed by atoms with Gasteiger partial charge in [0.15, 0.2) is 0 Å². The van der Waals surface area contributed by atoms with Crippen LogP contribution in [0.2, 0.25) is 0 Å². The second-order valence-corrected chi connectivity index (χ2v) is 0. The van der Waals surface area contributed by atoms with Crippen molar-refractivity contribution in [1.82, 2.24) is 0 Å². The van der Waals surface area contributed by atoms with Crippen molar-refractivity contribution in [3.05, 3.63) is 0 Å². The Morgan fingerprint density at radius 1 is 1.25 bits per heavy atom. The van der Waals surface area contributed by atoms with Gasteiger partial charge in [-0.1, -0.05) is 0 Å². The Balaban J connectivity index is 0. The maximum Gasteiger partial charge on any atom is 2.00 e.